The van der Waals surface area contributed by atoms with E-state index in [-0.39, 0.29) is 18.0 Å². The van der Waals surface area contributed by atoms with Crippen LogP contribution < -0.4 is 15.1 Å². The van der Waals surface area contributed by atoms with E-state index in [4.69, 9.17) is 16.9 Å². The average molecular weight is 507 g/mol. The van der Waals surface area contributed by atoms with Gasteiger partial charge < -0.3 is 20.2 Å². The average Bonchev–Trinajstić information content (AvgIpc) is 2.85. The van der Waals surface area contributed by atoms with Crippen LogP contribution in [-0.2, 0) is 0 Å². The Labute approximate surface area is 216 Å². The van der Waals surface area contributed by atoms with Crippen LogP contribution in [0.4, 0.5) is 11.6 Å². The number of carbonyl (C=O) groups is 1. The maximum atomic E-state index is 13.2. The molecular weight excluding hydrogens is 476 g/mol. The smallest absolute Gasteiger partial charge is 0.270 e. The third-order valence-corrected chi connectivity index (χ3v) is 9.02. The van der Waals surface area contributed by atoms with Crippen molar-refractivity contribution in [1.29, 1.82) is 5.26 Å². The SMILES string of the molecule is CC1CN(c2ccc(C#N)cc2Cl)CCN1c1nccc(C(=O)NC2C3CC4CC2CC(O)(C4)C3)n1. The van der Waals surface area contributed by atoms with Crippen molar-refractivity contribution >= 4 is 29.1 Å². The molecule has 36 heavy (non-hydrogen) atoms. The number of hydrogen-bond donors (Lipinski definition) is 2. The molecule has 3 unspecified atom stereocenters. The summed E-state index contributed by atoms with van der Waals surface area (Å²) in [6.45, 7) is 4.25. The minimum absolute atomic E-state index is 0.106. The summed E-state index contributed by atoms with van der Waals surface area (Å²) in [5.74, 6) is 1.71. The minimum atomic E-state index is -0.514. The molecule has 2 heterocycles. The van der Waals surface area contributed by atoms with Gasteiger partial charge in [0, 0.05) is 37.9 Å². The van der Waals surface area contributed by atoms with Gasteiger partial charge >= 0.3 is 0 Å². The molecule has 9 heteroatoms. The number of rotatable bonds is 4. The normalized spacial score (nSPS) is 32.9. The first-order chi connectivity index (χ1) is 17.3. The summed E-state index contributed by atoms with van der Waals surface area (Å²) in [5, 5.41) is 23.8. The highest BCUT2D eigenvalue weighted by atomic mass is 35.5. The molecule has 0 radical (unpaired) electrons. The lowest BCUT2D eigenvalue weighted by Crippen LogP contribution is -2.61. The molecule has 3 atom stereocenters. The molecule has 7 rings (SSSR count). The fourth-order valence-electron chi connectivity index (χ4n) is 7.36. The number of nitriles is 1. The number of benzene rings is 1. The molecular formula is C27H31ClN6O2. The summed E-state index contributed by atoms with van der Waals surface area (Å²) in [6, 6.07) is 9.40. The van der Waals surface area contributed by atoms with Crippen molar-refractivity contribution in [1.82, 2.24) is 15.3 Å². The molecule has 2 aromatic rings. The van der Waals surface area contributed by atoms with Crippen LogP contribution in [0.5, 0.6) is 0 Å². The lowest BCUT2D eigenvalue weighted by Gasteiger charge is -2.58. The quantitative estimate of drug-likeness (QED) is 0.654. The maximum absolute atomic E-state index is 13.2. The van der Waals surface area contributed by atoms with Gasteiger partial charge in [-0.15, -0.1) is 0 Å². The summed E-state index contributed by atoms with van der Waals surface area (Å²) in [5.41, 5.74) is 1.33. The van der Waals surface area contributed by atoms with E-state index in [0.717, 1.165) is 50.9 Å². The lowest BCUT2D eigenvalue weighted by molar-refractivity contribution is -0.136. The van der Waals surface area contributed by atoms with E-state index in [1.165, 1.54) is 0 Å². The van der Waals surface area contributed by atoms with Gasteiger partial charge in [-0.2, -0.15) is 5.26 Å². The third-order valence-electron chi connectivity index (χ3n) is 8.72. The van der Waals surface area contributed by atoms with E-state index >= 15 is 0 Å². The van der Waals surface area contributed by atoms with Crippen LogP contribution in [0.2, 0.25) is 5.02 Å². The van der Waals surface area contributed by atoms with Crippen LogP contribution in [0.15, 0.2) is 30.5 Å². The molecule has 8 nitrogen and oxygen atoms in total. The Morgan fingerprint density at radius 1 is 1.22 bits per heavy atom. The molecule has 1 aliphatic heterocycles. The van der Waals surface area contributed by atoms with Crippen molar-refractivity contribution in [2.24, 2.45) is 17.8 Å². The number of carbonyl (C=O) groups excluding carboxylic acids is 1. The van der Waals surface area contributed by atoms with Crippen LogP contribution in [0.25, 0.3) is 0 Å². The Morgan fingerprint density at radius 2 is 2.00 bits per heavy atom. The summed E-state index contributed by atoms with van der Waals surface area (Å²) < 4.78 is 0. The molecule has 4 bridgehead atoms. The van der Waals surface area contributed by atoms with Crippen molar-refractivity contribution in [2.75, 3.05) is 29.4 Å². The minimum Gasteiger partial charge on any atom is -0.390 e. The van der Waals surface area contributed by atoms with E-state index in [1.54, 1.807) is 24.4 Å². The molecule has 1 saturated heterocycles. The molecule has 1 amide bonds. The monoisotopic (exact) mass is 506 g/mol. The number of halogens is 1. The largest absolute Gasteiger partial charge is 0.390 e. The molecule has 5 aliphatic rings. The van der Waals surface area contributed by atoms with Gasteiger partial charge in [-0.3, -0.25) is 4.79 Å². The Morgan fingerprint density at radius 3 is 2.67 bits per heavy atom. The molecule has 5 fully saturated rings. The van der Waals surface area contributed by atoms with E-state index in [2.05, 4.69) is 38.1 Å². The van der Waals surface area contributed by atoms with Gasteiger partial charge in [0.1, 0.15) is 5.69 Å². The molecule has 188 valence electrons. The predicted octanol–water partition coefficient (Wildman–Crippen LogP) is 3.39. The Balaban J connectivity index is 1.13. The van der Waals surface area contributed by atoms with E-state index in [9.17, 15) is 9.90 Å². The van der Waals surface area contributed by atoms with Gasteiger partial charge in [-0.1, -0.05) is 11.6 Å². The number of hydrogen-bond acceptors (Lipinski definition) is 7. The van der Waals surface area contributed by atoms with Crippen molar-refractivity contribution < 1.29 is 9.90 Å². The summed E-state index contributed by atoms with van der Waals surface area (Å²) in [4.78, 5) is 26.7. The summed E-state index contributed by atoms with van der Waals surface area (Å²) >= 11 is 6.44. The van der Waals surface area contributed by atoms with E-state index < -0.39 is 5.60 Å². The lowest BCUT2D eigenvalue weighted by atomic mass is 9.52. The van der Waals surface area contributed by atoms with Crippen molar-refractivity contribution in [3.8, 4) is 6.07 Å². The number of aromatic nitrogens is 2. The second kappa shape index (κ2) is 8.89. The fourth-order valence-corrected chi connectivity index (χ4v) is 7.66. The zero-order chi connectivity index (χ0) is 25.0. The van der Waals surface area contributed by atoms with Gasteiger partial charge in [0.2, 0.25) is 5.95 Å². The predicted molar refractivity (Wildman–Crippen MR) is 137 cm³/mol. The van der Waals surface area contributed by atoms with Gasteiger partial charge in [0.25, 0.3) is 5.91 Å². The molecule has 1 aromatic heterocycles. The number of nitrogens with one attached hydrogen (secondary N) is 1. The van der Waals surface area contributed by atoms with E-state index in [0.29, 0.717) is 46.5 Å². The Hall–Kier alpha value is -2.89. The molecule has 2 N–H and O–H groups in total. The standard InChI is InChI=1S/C27H31ClN6O2/c1-16-15-33(23-3-2-17(14-29)10-21(23)28)6-7-34(16)26-30-5-4-22(31-26)25(35)32-24-19-8-18-9-20(24)13-27(36,11-18)12-19/h2-5,10,16,18-20,24,36H,6-9,11-13,15H2,1H3,(H,32,35). The highest BCUT2D eigenvalue weighted by Gasteiger charge is 2.55. The molecule has 0 spiro atoms. The van der Waals surface area contributed by atoms with Crippen LogP contribution in [-0.4, -0.2) is 58.3 Å². The van der Waals surface area contributed by atoms with Crippen LogP contribution >= 0.6 is 11.6 Å². The first-order valence-corrected chi connectivity index (χ1v) is 13.3. The highest BCUT2D eigenvalue weighted by Crippen LogP contribution is 2.55. The van der Waals surface area contributed by atoms with Gasteiger partial charge in [0.15, 0.2) is 0 Å². The number of anilines is 2. The number of aliphatic hydroxyl groups is 1. The first-order valence-electron chi connectivity index (χ1n) is 12.9. The summed E-state index contributed by atoms with van der Waals surface area (Å²) in [6.07, 6.45) is 6.38. The third kappa shape index (κ3) is 4.18. The highest BCUT2D eigenvalue weighted by molar-refractivity contribution is 6.33. The van der Waals surface area contributed by atoms with Gasteiger partial charge in [0.05, 0.1) is 27.9 Å². The zero-order valence-electron chi connectivity index (χ0n) is 20.4. The topological polar surface area (TPSA) is 105 Å². The second-order valence-corrected chi connectivity index (χ2v) is 11.6. The van der Waals surface area contributed by atoms with E-state index in [1.807, 2.05) is 6.07 Å². The van der Waals surface area contributed by atoms with Gasteiger partial charge in [-0.05, 0) is 81.0 Å². The second-order valence-electron chi connectivity index (χ2n) is 11.2. The molecule has 4 aliphatic carbocycles. The van der Waals surface area contributed by atoms with Crippen LogP contribution in [0.3, 0.4) is 0 Å². The molecule has 4 saturated carbocycles. The molecule has 1 aromatic carbocycles. The Bertz CT molecular complexity index is 1210. The fraction of sp³-hybridized carbons (Fsp3) is 0.556. The summed E-state index contributed by atoms with van der Waals surface area (Å²) in [7, 11) is 0. The number of piperazine rings is 1. The first kappa shape index (κ1) is 23.5. The number of amides is 1. The maximum Gasteiger partial charge on any atom is 0.270 e. The van der Waals surface area contributed by atoms with Crippen LogP contribution in [0, 0.1) is 29.1 Å². The van der Waals surface area contributed by atoms with Crippen molar-refractivity contribution in [2.45, 2.75) is 56.7 Å². The van der Waals surface area contributed by atoms with Crippen molar-refractivity contribution in [3.05, 3.63) is 46.7 Å². The zero-order valence-corrected chi connectivity index (χ0v) is 21.2. The van der Waals surface area contributed by atoms with Crippen molar-refractivity contribution in [3.63, 3.8) is 0 Å². The Kier molecular flexibility index (Phi) is 5.81. The number of nitrogens with zero attached hydrogens (tertiary/aromatic N) is 5. The van der Waals surface area contributed by atoms with Gasteiger partial charge in [-0.25, -0.2) is 9.97 Å². The van der Waals surface area contributed by atoms with Crippen LogP contribution in [0.1, 0.15) is 55.1 Å².